The highest BCUT2D eigenvalue weighted by Crippen LogP contribution is 2.23. The van der Waals surface area contributed by atoms with Gasteiger partial charge in [-0.2, -0.15) is 0 Å². The minimum Gasteiger partial charge on any atom is -0.497 e. The Morgan fingerprint density at radius 1 is 1.09 bits per heavy atom. The number of rotatable bonds is 10. The van der Waals surface area contributed by atoms with Crippen LogP contribution in [0.1, 0.15) is 35.2 Å². The van der Waals surface area contributed by atoms with Gasteiger partial charge in [0.05, 0.1) is 7.11 Å². The van der Waals surface area contributed by atoms with Crippen LogP contribution in [0, 0.1) is 5.92 Å². The number of nitrogens with one attached hydrogen (secondary N) is 2. The number of piperidine rings is 1. The van der Waals surface area contributed by atoms with E-state index >= 15 is 0 Å². The van der Waals surface area contributed by atoms with Crippen LogP contribution in [0.2, 0.25) is 0 Å². The lowest BCUT2D eigenvalue weighted by molar-refractivity contribution is -0.133. The van der Waals surface area contributed by atoms with Crippen LogP contribution in [0.25, 0.3) is 0 Å². The van der Waals surface area contributed by atoms with Crippen LogP contribution in [0.3, 0.4) is 0 Å². The van der Waals surface area contributed by atoms with Crippen molar-refractivity contribution in [3.05, 3.63) is 78.4 Å². The van der Waals surface area contributed by atoms with Crippen LogP contribution < -0.4 is 15.4 Å². The predicted octanol–water partition coefficient (Wildman–Crippen LogP) is 2.97. The lowest BCUT2D eigenvalue weighted by Gasteiger charge is -2.36. The SMILES string of the molecule is C=CCNC(=O)[C@H](NC(=O)c1ccc(OC)cc1)C1CCN(C(=O)CCc2ccccc2)CC1. The summed E-state index contributed by atoms with van der Waals surface area (Å²) >= 11 is 0. The van der Waals surface area contributed by atoms with Crippen molar-refractivity contribution in [1.29, 1.82) is 0 Å². The molecule has 3 amide bonds. The van der Waals surface area contributed by atoms with E-state index in [-0.39, 0.29) is 23.6 Å². The molecule has 0 aromatic heterocycles. The van der Waals surface area contributed by atoms with Crippen LogP contribution in [0.5, 0.6) is 5.75 Å². The lowest BCUT2D eigenvalue weighted by Crippen LogP contribution is -2.53. The number of ether oxygens (including phenoxy) is 1. The number of likely N-dealkylation sites (tertiary alicyclic amines) is 1. The van der Waals surface area contributed by atoms with Gasteiger partial charge in [-0.15, -0.1) is 6.58 Å². The lowest BCUT2D eigenvalue weighted by atomic mass is 9.88. The zero-order valence-electron chi connectivity index (χ0n) is 19.7. The monoisotopic (exact) mass is 463 g/mol. The third-order valence-corrected chi connectivity index (χ3v) is 6.18. The van der Waals surface area contributed by atoms with Crippen LogP contribution in [0.15, 0.2) is 67.3 Å². The Bertz CT molecular complexity index is 967. The summed E-state index contributed by atoms with van der Waals surface area (Å²) in [5, 5.41) is 5.72. The van der Waals surface area contributed by atoms with E-state index in [1.807, 2.05) is 35.2 Å². The highest BCUT2D eigenvalue weighted by atomic mass is 16.5. The first-order valence-corrected chi connectivity index (χ1v) is 11.7. The van der Waals surface area contributed by atoms with E-state index in [4.69, 9.17) is 4.74 Å². The van der Waals surface area contributed by atoms with Gasteiger partial charge in [-0.3, -0.25) is 14.4 Å². The Morgan fingerprint density at radius 3 is 2.38 bits per heavy atom. The molecule has 0 radical (unpaired) electrons. The molecule has 1 heterocycles. The van der Waals surface area contributed by atoms with E-state index in [0.29, 0.717) is 56.6 Å². The van der Waals surface area contributed by atoms with Crippen molar-refractivity contribution in [2.75, 3.05) is 26.7 Å². The maximum absolute atomic E-state index is 12.9. The Balaban J connectivity index is 1.59. The van der Waals surface area contributed by atoms with Gasteiger partial charge in [-0.25, -0.2) is 0 Å². The molecule has 1 saturated heterocycles. The predicted molar refractivity (Wildman–Crippen MR) is 132 cm³/mol. The Kier molecular flexibility index (Phi) is 9.26. The molecule has 1 fully saturated rings. The maximum atomic E-state index is 12.9. The summed E-state index contributed by atoms with van der Waals surface area (Å²) in [7, 11) is 1.56. The van der Waals surface area contributed by atoms with Gasteiger partial charge in [-0.05, 0) is 55.0 Å². The number of hydrogen-bond donors (Lipinski definition) is 2. The van der Waals surface area contributed by atoms with Gasteiger partial charge in [0.1, 0.15) is 11.8 Å². The van der Waals surface area contributed by atoms with Crippen molar-refractivity contribution in [3.8, 4) is 5.75 Å². The van der Waals surface area contributed by atoms with E-state index in [0.717, 1.165) is 5.56 Å². The summed E-state index contributed by atoms with van der Waals surface area (Å²) in [4.78, 5) is 40.3. The van der Waals surface area contributed by atoms with E-state index in [2.05, 4.69) is 17.2 Å². The minimum atomic E-state index is -0.684. The van der Waals surface area contributed by atoms with Gasteiger partial charge in [0.2, 0.25) is 11.8 Å². The number of methoxy groups -OCH3 is 1. The molecule has 7 nitrogen and oxygen atoms in total. The Morgan fingerprint density at radius 2 is 1.76 bits per heavy atom. The fourth-order valence-electron chi connectivity index (χ4n) is 4.18. The molecule has 1 aliphatic rings. The van der Waals surface area contributed by atoms with Crippen LogP contribution >= 0.6 is 0 Å². The molecule has 0 aliphatic carbocycles. The van der Waals surface area contributed by atoms with Crippen molar-refractivity contribution < 1.29 is 19.1 Å². The first kappa shape index (κ1) is 25.0. The van der Waals surface area contributed by atoms with Crippen LogP contribution in [0.4, 0.5) is 0 Å². The summed E-state index contributed by atoms with van der Waals surface area (Å²) in [5.41, 5.74) is 1.60. The van der Waals surface area contributed by atoms with Gasteiger partial charge in [0.15, 0.2) is 0 Å². The van der Waals surface area contributed by atoms with Crippen molar-refractivity contribution >= 4 is 17.7 Å². The zero-order valence-corrected chi connectivity index (χ0v) is 19.7. The van der Waals surface area contributed by atoms with Crippen LogP contribution in [-0.4, -0.2) is 55.4 Å². The number of amides is 3. The second-order valence-corrected chi connectivity index (χ2v) is 8.42. The van der Waals surface area contributed by atoms with E-state index < -0.39 is 6.04 Å². The zero-order chi connectivity index (χ0) is 24.3. The summed E-state index contributed by atoms with van der Waals surface area (Å²) in [6.07, 6.45) is 4.07. The average Bonchev–Trinajstić information content (AvgIpc) is 2.89. The van der Waals surface area contributed by atoms with E-state index in [9.17, 15) is 14.4 Å². The van der Waals surface area contributed by atoms with E-state index in [1.165, 1.54) is 0 Å². The molecule has 1 atom stereocenters. The molecule has 0 unspecified atom stereocenters. The molecule has 0 bridgehead atoms. The second kappa shape index (κ2) is 12.6. The third kappa shape index (κ3) is 6.94. The minimum absolute atomic E-state index is 0.0646. The molecule has 7 heteroatoms. The smallest absolute Gasteiger partial charge is 0.251 e. The number of carbonyl (C=O) groups is 3. The standard InChI is InChI=1S/C27H33N3O4/c1-3-17-28-27(33)25(29-26(32)22-10-12-23(34-2)13-11-22)21-15-18-30(19-16-21)24(31)14-9-20-7-5-4-6-8-20/h3-8,10-13,21,25H,1,9,14-19H2,2H3,(H,28,33)(H,29,32)/t25-/m1/s1. The highest BCUT2D eigenvalue weighted by molar-refractivity contribution is 5.97. The molecule has 0 spiro atoms. The molecule has 3 rings (SSSR count). The van der Waals surface area contributed by atoms with E-state index in [1.54, 1.807) is 37.5 Å². The Hall–Kier alpha value is -3.61. The molecule has 1 aliphatic heterocycles. The third-order valence-electron chi connectivity index (χ3n) is 6.18. The van der Waals surface area contributed by atoms with Crippen molar-refractivity contribution in [3.63, 3.8) is 0 Å². The molecular weight excluding hydrogens is 430 g/mol. The summed E-state index contributed by atoms with van der Waals surface area (Å²) in [6, 6.07) is 16.0. The fraction of sp³-hybridized carbons (Fsp3) is 0.370. The van der Waals surface area contributed by atoms with Crippen LogP contribution in [-0.2, 0) is 16.0 Å². The topological polar surface area (TPSA) is 87.7 Å². The summed E-state index contributed by atoms with van der Waals surface area (Å²) in [5.74, 6) is 0.155. The number of hydrogen-bond acceptors (Lipinski definition) is 4. The summed E-state index contributed by atoms with van der Waals surface area (Å²) in [6.45, 7) is 5.11. The Labute approximate surface area is 201 Å². The molecule has 2 aromatic carbocycles. The van der Waals surface area contributed by atoms with Gasteiger partial charge < -0.3 is 20.3 Å². The molecule has 34 heavy (non-hydrogen) atoms. The first-order valence-electron chi connectivity index (χ1n) is 11.7. The number of benzene rings is 2. The quantitative estimate of drug-likeness (QED) is 0.531. The summed E-state index contributed by atoms with van der Waals surface area (Å²) < 4.78 is 5.14. The highest BCUT2D eigenvalue weighted by Gasteiger charge is 2.33. The van der Waals surface area contributed by atoms with Gasteiger partial charge in [0, 0.05) is 31.6 Å². The average molecular weight is 464 g/mol. The van der Waals surface area contributed by atoms with Gasteiger partial charge in [-0.1, -0.05) is 36.4 Å². The number of carbonyl (C=O) groups excluding carboxylic acids is 3. The normalized spacial score (nSPS) is 14.7. The molecule has 2 N–H and O–H groups in total. The number of nitrogens with zero attached hydrogens (tertiary/aromatic N) is 1. The van der Waals surface area contributed by atoms with Crippen molar-refractivity contribution in [1.82, 2.24) is 15.5 Å². The molecular formula is C27H33N3O4. The van der Waals surface area contributed by atoms with Gasteiger partial charge >= 0.3 is 0 Å². The van der Waals surface area contributed by atoms with Crippen molar-refractivity contribution in [2.24, 2.45) is 5.92 Å². The number of aryl methyl sites for hydroxylation is 1. The largest absolute Gasteiger partial charge is 0.497 e. The first-order chi connectivity index (χ1) is 16.5. The fourth-order valence-corrected chi connectivity index (χ4v) is 4.18. The molecule has 180 valence electrons. The molecule has 2 aromatic rings. The second-order valence-electron chi connectivity index (χ2n) is 8.42. The van der Waals surface area contributed by atoms with Crippen molar-refractivity contribution in [2.45, 2.75) is 31.7 Å². The van der Waals surface area contributed by atoms with Gasteiger partial charge in [0.25, 0.3) is 5.91 Å². The maximum Gasteiger partial charge on any atom is 0.251 e. The molecule has 0 saturated carbocycles.